The average Bonchev–Trinajstić information content (AvgIpc) is 3.07. The van der Waals surface area contributed by atoms with Crippen LogP contribution >= 0.6 is 0 Å². The van der Waals surface area contributed by atoms with E-state index in [2.05, 4.69) is 15.5 Å². The molecular formula is C15H21N5. The Morgan fingerprint density at radius 1 is 1.30 bits per heavy atom. The highest BCUT2D eigenvalue weighted by molar-refractivity contribution is 5.74. The first-order valence-electron chi connectivity index (χ1n) is 7.37. The quantitative estimate of drug-likeness (QED) is 0.868. The molecule has 5 heteroatoms. The molecule has 0 aliphatic heterocycles. The molecule has 1 aromatic carbocycles. The second-order valence-electron chi connectivity index (χ2n) is 5.70. The van der Waals surface area contributed by atoms with Crippen molar-refractivity contribution in [1.29, 1.82) is 0 Å². The van der Waals surface area contributed by atoms with Gasteiger partial charge in [0, 0.05) is 17.8 Å². The minimum Gasteiger partial charge on any atom is -0.398 e. The topological polar surface area (TPSA) is 69.6 Å². The Kier molecular flexibility index (Phi) is 3.67. The summed E-state index contributed by atoms with van der Waals surface area (Å²) >= 11 is 0. The number of nitrogen functional groups attached to an aromatic ring is 1. The standard InChI is InChI=1S/C15H21N5/c1-11-5-4-8-13(16)14(11)15-17-18-19-20(15)10-9-12-6-2-3-7-12/h4-5,8,12H,2-3,6-7,9-10,16H2,1H3. The van der Waals surface area contributed by atoms with Crippen LogP contribution in [0.15, 0.2) is 18.2 Å². The van der Waals surface area contributed by atoms with Crippen LogP contribution in [0.3, 0.4) is 0 Å². The number of aromatic nitrogens is 4. The Bertz CT molecular complexity index is 563. The van der Waals surface area contributed by atoms with E-state index < -0.39 is 0 Å². The van der Waals surface area contributed by atoms with Gasteiger partial charge in [0.25, 0.3) is 0 Å². The highest BCUT2D eigenvalue weighted by Gasteiger charge is 2.18. The molecule has 1 aromatic heterocycles. The van der Waals surface area contributed by atoms with Crippen LogP contribution in [-0.2, 0) is 6.54 Å². The third-order valence-corrected chi connectivity index (χ3v) is 4.28. The predicted molar refractivity (Wildman–Crippen MR) is 79.0 cm³/mol. The van der Waals surface area contributed by atoms with Crippen LogP contribution in [0.5, 0.6) is 0 Å². The van der Waals surface area contributed by atoms with Gasteiger partial charge in [0.05, 0.1) is 0 Å². The van der Waals surface area contributed by atoms with E-state index >= 15 is 0 Å². The van der Waals surface area contributed by atoms with Gasteiger partial charge < -0.3 is 5.73 Å². The van der Waals surface area contributed by atoms with Crippen molar-refractivity contribution in [1.82, 2.24) is 20.2 Å². The molecule has 1 saturated carbocycles. The van der Waals surface area contributed by atoms with E-state index in [0.29, 0.717) is 0 Å². The van der Waals surface area contributed by atoms with Gasteiger partial charge >= 0.3 is 0 Å². The monoisotopic (exact) mass is 271 g/mol. The molecule has 0 unspecified atom stereocenters. The summed E-state index contributed by atoms with van der Waals surface area (Å²) in [6, 6.07) is 5.90. The fourth-order valence-corrected chi connectivity index (χ4v) is 3.13. The zero-order valence-corrected chi connectivity index (χ0v) is 11.9. The molecule has 5 nitrogen and oxygen atoms in total. The minimum atomic E-state index is 0.738. The first kappa shape index (κ1) is 13.1. The zero-order chi connectivity index (χ0) is 13.9. The molecule has 0 saturated heterocycles. The number of rotatable bonds is 4. The average molecular weight is 271 g/mol. The van der Waals surface area contributed by atoms with Gasteiger partial charge in [-0.1, -0.05) is 37.8 Å². The highest BCUT2D eigenvalue weighted by Crippen LogP contribution is 2.30. The van der Waals surface area contributed by atoms with E-state index in [-0.39, 0.29) is 0 Å². The van der Waals surface area contributed by atoms with E-state index in [9.17, 15) is 0 Å². The summed E-state index contributed by atoms with van der Waals surface area (Å²) < 4.78 is 1.90. The number of nitrogens with two attached hydrogens (primary N) is 1. The lowest BCUT2D eigenvalue weighted by atomic mass is 10.0. The third-order valence-electron chi connectivity index (χ3n) is 4.28. The highest BCUT2D eigenvalue weighted by atomic mass is 15.5. The van der Waals surface area contributed by atoms with Crippen molar-refractivity contribution in [3.63, 3.8) is 0 Å². The second-order valence-corrected chi connectivity index (χ2v) is 5.70. The Balaban J connectivity index is 1.82. The number of aryl methyl sites for hydroxylation is 2. The van der Waals surface area contributed by atoms with Crippen LogP contribution in [0.4, 0.5) is 5.69 Å². The summed E-state index contributed by atoms with van der Waals surface area (Å²) in [5.74, 6) is 1.62. The van der Waals surface area contributed by atoms with Crippen LogP contribution in [0.2, 0.25) is 0 Å². The number of tetrazole rings is 1. The molecule has 1 aliphatic carbocycles. The number of hydrogen-bond donors (Lipinski definition) is 1. The zero-order valence-electron chi connectivity index (χ0n) is 11.9. The van der Waals surface area contributed by atoms with Crippen molar-refractivity contribution >= 4 is 5.69 Å². The summed E-state index contributed by atoms with van der Waals surface area (Å²) in [5.41, 5.74) is 8.90. The number of hydrogen-bond acceptors (Lipinski definition) is 4. The molecule has 0 amide bonds. The van der Waals surface area contributed by atoms with E-state index in [1.165, 1.54) is 25.7 Å². The first-order chi connectivity index (χ1) is 9.75. The third kappa shape index (κ3) is 2.53. The van der Waals surface area contributed by atoms with Gasteiger partial charge in [0.2, 0.25) is 0 Å². The molecule has 0 atom stereocenters. The van der Waals surface area contributed by atoms with Crippen molar-refractivity contribution in [2.45, 2.75) is 45.6 Å². The molecular weight excluding hydrogens is 250 g/mol. The summed E-state index contributed by atoms with van der Waals surface area (Å²) in [6.45, 7) is 2.92. The normalized spacial score (nSPS) is 15.8. The molecule has 106 valence electrons. The smallest absolute Gasteiger partial charge is 0.184 e. The summed E-state index contributed by atoms with van der Waals surface area (Å²) in [6.07, 6.45) is 6.60. The van der Waals surface area contributed by atoms with Crippen LogP contribution in [0.1, 0.15) is 37.7 Å². The van der Waals surface area contributed by atoms with Crippen LogP contribution in [0, 0.1) is 12.8 Å². The van der Waals surface area contributed by atoms with Crippen LogP contribution in [-0.4, -0.2) is 20.2 Å². The Morgan fingerprint density at radius 2 is 2.10 bits per heavy atom. The molecule has 20 heavy (non-hydrogen) atoms. The fraction of sp³-hybridized carbons (Fsp3) is 0.533. The number of benzene rings is 1. The lowest BCUT2D eigenvalue weighted by Crippen LogP contribution is -2.08. The van der Waals surface area contributed by atoms with Gasteiger partial charge in [-0.2, -0.15) is 0 Å². The lowest BCUT2D eigenvalue weighted by Gasteiger charge is -2.11. The van der Waals surface area contributed by atoms with Crippen molar-refractivity contribution in [3.8, 4) is 11.4 Å². The predicted octanol–water partition coefficient (Wildman–Crippen LogP) is 2.81. The largest absolute Gasteiger partial charge is 0.398 e. The Labute approximate surface area is 119 Å². The maximum atomic E-state index is 6.09. The number of nitrogens with zero attached hydrogens (tertiary/aromatic N) is 4. The summed E-state index contributed by atoms with van der Waals surface area (Å²) in [5, 5.41) is 12.1. The van der Waals surface area contributed by atoms with E-state index in [1.54, 1.807) is 0 Å². The minimum absolute atomic E-state index is 0.738. The van der Waals surface area contributed by atoms with Crippen molar-refractivity contribution in [2.75, 3.05) is 5.73 Å². The van der Waals surface area contributed by atoms with Gasteiger partial charge in [0.15, 0.2) is 5.82 Å². The summed E-state index contributed by atoms with van der Waals surface area (Å²) in [4.78, 5) is 0. The maximum absolute atomic E-state index is 6.09. The lowest BCUT2D eigenvalue weighted by molar-refractivity contribution is 0.436. The number of anilines is 1. The SMILES string of the molecule is Cc1cccc(N)c1-c1nnnn1CCC1CCCC1. The van der Waals surface area contributed by atoms with E-state index in [0.717, 1.165) is 41.5 Å². The molecule has 0 radical (unpaired) electrons. The molecule has 1 aliphatic rings. The molecule has 2 N–H and O–H groups in total. The Morgan fingerprint density at radius 3 is 2.85 bits per heavy atom. The summed E-state index contributed by atoms with van der Waals surface area (Å²) in [7, 11) is 0. The molecule has 2 aromatic rings. The molecule has 0 spiro atoms. The van der Waals surface area contributed by atoms with Crippen LogP contribution in [0.25, 0.3) is 11.4 Å². The van der Waals surface area contributed by atoms with Crippen molar-refractivity contribution in [2.24, 2.45) is 5.92 Å². The van der Waals surface area contributed by atoms with Gasteiger partial charge in [-0.05, 0) is 41.3 Å². The van der Waals surface area contributed by atoms with Crippen LogP contribution < -0.4 is 5.73 Å². The molecule has 3 rings (SSSR count). The van der Waals surface area contributed by atoms with E-state index in [4.69, 9.17) is 5.73 Å². The molecule has 1 heterocycles. The second kappa shape index (κ2) is 5.61. The van der Waals surface area contributed by atoms with Gasteiger partial charge in [-0.25, -0.2) is 4.68 Å². The van der Waals surface area contributed by atoms with Crippen molar-refractivity contribution in [3.05, 3.63) is 23.8 Å². The molecule has 0 bridgehead atoms. The Hall–Kier alpha value is -1.91. The van der Waals surface area contributed by atoms with Gasteiger partial charge in [-0.3, -0.25) is 0 Å². The molecule has 1 fully saturated rings. The first-order valence-corrected chi connectivity index (χ1v) is 7.37. The maximum Gasteiger partial charge on any atom is 0.184 e. The van der Waals surface area contributed by atoms with Gasteiger partial charge in [-0.15, -0.1) is 5.10 Å². The van der Waals surface area contributed by atoms with Gasteiger partial charge in [0.1, 0.15) is 0 Å². The van der Waals surface area contributed by atoms with Crippen molar-refractivity contribution < 1.29 is 0 Å². The fourth-order valence-electron chi connectivity index (χ4n) is 3.13. The van der Waals surface area contributed by atoms with E-state index in [1.807, 2.05) is 29.8 Å².